The first-order chi connectivity index (χ1) is 7.72. The molecule has 0 radical (unpaired) electrons. The van der Waals surface area contributed by atoms with Gasteiger partial charge in [0, 0.05) is 18.8 Å². The van der Waals surface area contributed by atoms with E-state index in [1.165, 1.54) is 16.8 Å². The third-order valence-electron chi connectivity index (χ3n) is 3.09. The van der Waals surface area contributed by atoms with Gasteiger partial charge >= 0.3 is 0 Å². The highest BCUT2D eigenvalue weighted by Crippen LogP contribution is 2.25. The Kier molecular flexibility index (Phi) is 3.46. The molecule has 2 N–H and O–H groups in total. The molecule has 1 aliphatic heterocycles. The Morgan fingerprint density at radius 1 is 1.38 bits per heavy atom. The number of hydrogen-bond acceptors (Lipinski definition) is 3. The summed E-state index contributed by atoms with van der Waals surface area (Å²) < 4.78 is 5.26. The van der Waals surface area contributed by atoms with Gasteiger partial charge in [0.2, 0.25) is 0 Å². The van der Waals surface area contributed by atoms with Crippen molar-refractivity contribution in [3.63, 3.8) is 0 Å². The second kappa shape index (κ2) is 4.85. The summed E-state index contributed by atoms with van der Waals surface area (Å²) >= 11 is 0. The molecular formula is C13H20N2O. The molecule has 0 saturated carbocycles. The van der Waals surface area contributed by atoms with Crippen LogP contribution in [0.3, 0.4) is 0 Å². The topological polar surface area (TPSA) is 38.5 Å². The van der Waals surface area contributed by atoms with Crippen molar-refractivity contribution in [3.8, 4) is 0 Å². The Balaban J connectivity index is 2.23. The van der Waals surface area contributed by atoms with Gasteiger partial charge in [-0.15, -0.1) is 0 Å². The minimum Gasteiger partial charge on any atom is -0.377 e. The molecule has 1 aliphatic rings. The molecule has 0 unspecified atom stereocenters. The zero-order valence-electron chi connectivity index (χ0n) is 10.1. The maximum Gasteiger partial charge on any atom is 0.0757 e. The normalized spacial score (nSPS) is 15.9. The minimum absolute atomic E-state index is 0.505. The quantitative estimate of drug-likeness (QED) is 0.835. The van der Waals surface area contributed by atoms with Crippen molar-refractivity contribution >= 4 is 5.69 Å². The fourth-order valence-corrected chi connectivity index (χ4v) is 2.17. The van der Waals surface area contributed by atoms with E-state index < -0.39 is 0 Å². The Bertz CT molecular complexity index is 361. The zero-order valence-corrected chi connectivity index (χ0v) is 10.1. The Morgan fingerprint density at radius 2 is 2.12 bits per heavy atom. The molecule has 1 heterocycles. The molecule has 0 amide bonds. The summed E-state index contributed by atoms with van der Waals surface area (Å²) in [6.45, 7) is 7.52. The van der Waals surface area contributed by atoms with E-state index in [-0.39, 0.29) is 0 Å². The van der Waals surface area contributed by atoms with Crippen LogP contribution < -0.4 is 10.6 Å². The highest BCUT2D eigenvalue weighted by molar-refractivity contribution is 5.55. The molecule has 88 valence electrons. The molecule has 2 rings (SSSR count). The van der Waals surface area contributed by atoms with E-state index in [0.717, 1.165) is 19.8 Å². The van der Waals surface area contributed by atoms with E-state index in [2.05, 4.69) is 36.9 Å². The monoisotopic (exact) mass is 220 g/mol. The summed E-state index contributed by atoms with van der Waals surface area (Å²) in [5.74, 6) is 0. The van der Waals surface area contributed by atoms with Crippen molar-refractivity contribution in [1.29, 1.82) is 0 Å². The summed E-state index contributed by atoms with van der Waals surface area (Å²) in [4.78, 5) is 2.37. The van der Waals surface area contributed by atoms with Crippen LogP contribution in [0.1, 0.15) is 11.1 Å². The van der Waals surface area contributed by atoms with Crippen LogP contribution in [0.5, 0.6) is 0 Å². The van der Waals surface area contributed by atoms with Crippen molar-refractivity contribution < 1.29 is 4.74 Å². The van der Waals surface area contributed by atoms with E-state index in [1.54, 1.807) is 0 Å². The Hall–Kier alpha value is -1.06. The predicted molar refractivity (Wildman–Crippen MR) is 66.9 cm³/mol. The molecule has 1 saturated heterocycles. The smallest absolute Gasteiger partial charge is 0.0757 e. The lowest BCUT2D eigenvalue weighted by atomic mass is 10.1. The van der Waals surface area contributed by atoms with Gasteiger partial charge in [-0.2, -0.15) is 0 Å². The third-order valence-corrected chi connectivity index (χ3v) is 3.09. The van der Waals surface area contributed by atoms with Gasteiger partial charge in [0.25, 0.3) is 0 Å². The minimum atomic E-state index is 0.505. The molecule has 3 nitrogen and oxygen atoms in total. The highest BCUT2D eigenvalue weighted by Gasteiger charge is 2.26. The number of aryl methyl sites for hydroxylation is 2. The molecule has 1 aromatic carbocycles. The lowest BCUT2D eigenvalue weighted by molar-refractivity contribution is 0.00828. The predicted octanol–water partition coefficient (Wildman–Crippen LogP) is 1.47. The van der Waals surface area contributed by atoms with Crippen LogP contribution in [0.4, 0.5) is 5.69 Å². The van der Waals surface area contributed by atoms with Crippen molar-refractivity contribution in [2.75, 3.05) is 31.2 Å². The van der Waals surface area contributed by atoms with Crippen LogP contribution in [0, 0.1) is 13.8 Å². The fourth-order valence-electron chi connectivity index (χ4n) is 2.17. The van der Waals surface area contributed by atoms with Crippen LogP contribution >= 0.6 is 0 Å². The average molecular weight is 220 g/mol. The summed E-state index contributed by atoms with van der Waals surface area (Å²) in [6.07, 6.45) is 0. The number of ether oxygens (including phenoxy) is 1. The SMILES string of the molecule is Cc1ccc(N(CCN)C2COC2)c(C)c1. The van der Waals surface area contributed by atoms with Gasteiger partial charge in [-0.1, -0.05) is 17.7 Å². The molecular weight excluding hydrogens is 200 g/mol. The summed E-state index contributed by atoms with van der Waals surface area (Å²) in [5, 5.41) is 0. The number of nitrogens with two attached hydrogens (primary N) is 1. The van der Waals surface area contributed by atoms with Crippen molar-refractivity contribution in [2.24, 2.45) is 5.73 Å². The standard InChI is InChI=1S/C13H20N2O/c1-10-3-4-13(11(2)7-10)15(6-5-14)12-8-16-9-12/h3-4,7,12H,5-6,8-9,14H2,1-2H3. The second-order valence-corrected chi connectivity index (χ2v) is 4.46. The van der Waals surface area contributed by atoms with Crippen LogP contribution in [-0.2, 0) is 4.74 Å². The van der Waals surface area contributed by atoms with Crippen LogP contribution in [0.15, 0.2) is 18.2 Å². The average Bonchev–Trinajstić information content (AvgIpc) is 2.14. The first kappa shape index (κ1) is 11.4. The molecule has 1 aromatic rings. The van der Waals surface area contributed by atoms with Gasteiger partial charge in [-0.05, 0) is 25.5 Å². The third kappa shape index (κ3) is 2.20. The number of nitrogens with zero attached hydrogens (tertiary/aromatic N) is 1. The van der Waals surface area contributed by atoms with E-state index in [9.17, 15) is 0 Å². The molecule has 3 heteroatoms. The number of rotatable bonds is 4. The summed E-state index contributed by atoms with van der Waals surface area (Å²) in [5.41, 5.74) is 9.60. The number of benzene rings is 1. The van der Waals surface area contributed by atoms with Gasteiger partial charge < -0.3 is 15.4 Å². The van der Waals surface area contributed by atoms with Crippen molar-refractivity contribution in [3.05, 3.63) is 29.3 Å². The maximum absolute atomic E-state index is 5.68. The van der Waals surface area contributed by atoms with Crippen molar-refractivity contribution in [2.45, 2.75) is 19.9 Å². The van der Waals surface area contributed by atoms with Gasteiger partial charge in [-0.3, -0.25) is 0 Å². The van der Waals surface area contributed by atoms with Gasteiger partial charge in [0.15, 0.2) is 0 Å². The first-order valence-corrected chi connectivity index (χ1v) is 5.84. The van der Waals surface area contributed by atoms with Crippen LogP contribution in [0.25, 0.3) is 0 Å². The van der Waals surface area contributed by atoms with Gasteiger partial charge in [0.05, 0.1) is 19.3 Å². The molecule has 0 spiro atoms. The molecule has 0 aromatic heterocycles. The van der Waals surface area contributed by atoms with Crippen LogP contribution in [-0.4, -0.2) is 32.3 Å². The van der Waals surface area contributed by atoms with Crippen LogP contribution in [0.2, 0.25) is 0 Å². The largest absolute Gasteiger partial charge is 0.377 e. The molecule has 16 heavy (non-hydrogen) atoms. The summed E-state index contributed by atoms with van der Waals surface area (Å²) in [7, 11) is 0. The van der Waals surface area contributed by atoms with Gasteiger partial charge in [0.1, 0.15) is 0 Å². The Labute approximate surface area is 97.2 Å². The van der Waals surface area contributed by atoms with E-state index >= 15 is 0 Å². The second-order valence-electron chi connectivity index (χ2n) is 4.46. The zero-order chi connectivity index (χ0) is 11.5. The lowest BCUT2D eigenvalue weighted by Crippen LogP contribution is -2.51. The lowest BCUT2D eigenvalue weighted by Gasteiger charge is -2.39. The fraction of sp³-hybridized carbons (Fsp3) is 0.538. The summed E-state index contributed by atoms with van der Waals surface area (Å²) in [6, 6.07) is 7.08. The molecule has 0 aliphatic carbocycles. The maximum atomic E-state index is 5.68. The van der Waals surface area contributed by atoms with E-state index in [1.807, 2.05) is 0 Å². The van der Waals surface area contributed by atoms with E-state index in [0.29, 0.717) is 12.6 Å². The molecule has 0 atom stereocenters. The first-order valence-electron chi connectivity index (χ1n) is 5.84. The molecule has 1 fully saturated rings. The van der Waals surface area contributed by atoms with Gasteiger partial charge in [-0.25, -0.2) is 0 Å². The number of hydrogen-bond donors (Lipinski definition) is 1. The highest BCUT2D eigenvalue weighted by atomic mass is 16.5. The molecule has 0 bridgehead atoms. The number of anilines is 1. The Morgan fingerprint density at radius 3 is 2.62 bits per heavy atom. The van der Waals surface area contributed by atoms with Crippen molar-refractivity contribution in [1.82, 2.24) is 0 Å². The van der Waals surface area contributed by atoms with E-state index in [4.69, 9.17) is 10.5 Å².